The van der Waals surface area contributed by atoms with Crippen LogP contribution in [0.3, 0.4) is 0 Å². The number of carbonyl (C=O) groups excluding carboxylic acids is 1. The van der Waals surface area contributed by atoms with E-state index in [-0.39, 0.29) is 5.91 Å². The summed E-state index contributed by atoms with van der Waals surface area (Å²) in [4.78, 5) is 19.9. The van der Waals surface area contributed by atoms with E-state index in [1.54, 1.807) is 4.90 Å². The Morgan fingerprint density at radius 2 is 1.81 bits per heavy atom. The second-order valence-corrected chi connectivity index (χ2v) is 7.06. The van der Waals surface area contributed by atoms with Gasteiger partial charge in [0.15, 0.2) is 0 Å². The van der Waals surface area contributed by atoms with E-state index in [1.807, 2.05) is 6.07 Å². The quantitative estimate of drug-likeness (QED) is 0.819. The first-order valence-electron chi connectivity index (χ1n) is 9.53. The summed E-state index contributed by atoms with van der Waals surface area (Å²) >= 11 is 0. The second kappa shape index (κ2) is 9.21. The van der Waals surface area contributed by atoms with Crippen LogP contribution in [-0.4, -0.2) is 53.4 Å². The summed E-state index contributed by atoms with van der Waals surface area (Å²) < 4.78 is 0. The summed E-state index contributed by atoms with van der Waals surface area (Å²) in [5, 5.41) is 18.8. The van der Waals surface area contributed by atoms with Gasteiger partial charge in [0.1, 0.15) is 0 Å². The maximum atomic E-state index is 12.6. The monoisotopic (exact) mass is 363 g/mol. The van der Waals surface area contributed by atoms with Crippen LogP contribution < -0.4 is 0 Å². The molecule has 1 aromatic heterocycles. The minimum atomic E-state index is 0.0181. The summed E-state index contributed by atoms with van der Waals surface area (Å²) in [6, 6.07) is 14.7. The molecule has 3 rings (SSSR count). The Hall–Kier alpha value is -2.83. The predicted octanol–water partition coefficient (Wildman–Crippen LogP) is 3.00. The molecule has 1 saturated heterocycles. The lowest BCUT2D eigenvalue weighted by Crippen LogP contribution is -2.43. The molecule has 2 aromatic rings. The van der Waals surface area contributed by atoms with Gasteiger partial charge in [0, 0.05) is 30.2 Å². The van der Waals surface area contributed by atoms with E-state index in [4.69, 9.17) is 10.5 Å². The Balaban J connectivity index is 1.53. The number of aromatic nitrogens is 1. The van der Waals surface area contributed by atoms with Crippen LogP contribution >= 0.6 is 0 Å². The highest BCUT2D eigenvalue weighted by Crippen LogP contribution is 2.29. The molecule has 0 radical (unpaired) electrons. The molecular formula is C21H25N5O. The smallest absolute Gasteiger partial charge is 0.236 e. The van der Waals surface area contributed by atoms with Gasteiger partial charge in [0.2, 0.25) is 5.91 Å². The molecule has 1 aromatic carbocycles. The fraction of sp³-hybridized carbons (Fsp3) is 0.476. The molecular weight excluding hydrogens is 338 g/mol. The zero-order valence-electron chi connectivity index (χ0n) is 15.5. The van der Waals surface area contributed by atoms with Crippen molar-refractivity contribution in [2.45, 2.75) is 31.6 Å². The van der Waals surface area contributed by atoms with Crippen LogP contribution in [0.25, 0.3) is 10.9 Å². The van der Waals surface area contributed by atoms with Crippen molar-refractivity contribution in [3.63, 3.8) is 0 Å². The van der Waals surface area contributed by atoms with Crippen LogP contribution in [0, 0.1) is 22.7 Å². The van der Waals surface area contributed by atoms with Crippen molar-refractivity contribution in [2.24, 2.45) is 0 Å². The first kappa shape index (κ1) is 18.9. The summed E-state index contributed by atoms with van der Waals surface area (Å²) in [6.07, 6.45) is 2.66. The molecule has 1 fully saturated rings. The maximum Gasteiger partial charge on any atom is 0.236 e. The van der Waals surface area contributed by atoms with Gasteiger partial charge < -0.3 is 9.88 Å². The van der Waals surface area contributed by atoms with Gasteiger partial charge in [0.05, 0.1) is 31.5 Å². The number of para-hydroxylation sites is 1. The number of aromatic amines is 1. The Morgan fingerprint density at radius 1 is 1.15 bits per heavy atom. The van der Waals surface area contributed by atoms with E-state index in [0.29, 0.717) is 38.4 Å². The van der Waals surface area contributed by atoms with Gasteiger partial charge in [0.25, 0.3) is 0 Å². The Kier molecular flexibility index (Phi) is 6.46. The number of rotatable bonds is 7. The maximum absolute atomic E-state index is 12.6. The molecule has 0 aliphatic carbocycles. The fourth-order valence-electron chi connectivity index (χ4n) is 3.74. The number of amides is 1. The standard InChI is InChI=1S/C21H25N5O/c22-9-3-11-26(12-4-10-23)21(27)16-25-13-7-17(8-14-25)20-15-18-5-1-2-6-19(18)24-20/h1-2,5-6,15,17,24H,3-4,7-8,11-14,16H2. The number of H-pyrrole nitrogens is 1. The summed E-state index contributed by atoms with van der Waals surface area (Å²) in [5.74, 6) is 0.515. The highest BCUT2D eigenvalue weighted by atomic mass is 16.2. The average molecular weight is 363 g/mol. The number of benzene rings is 1. The Morgan fingerprint density at radius 3 is 2.44 bits per heavy atom. The van der Waals surface area contributed by atoms with Crippen molar-refractivity contribution in [3.8, 4) is 12.1 Å². The van der Waals surface area contributed by atoms with Crippen LogP contribution in [0.4, 0.5) is 0 Å². The molecule has 0 bridgehead atoms. The van der Waals surface area contributed by atoms with Crippen molar-refractivity contribution < 1.29 is 4.79 Å². The minimum absolute atomic E-state index is 0.0181. The third-order valence-electron chi connectivity index (χ3n) is 5.28. The molecule has 0 saturated carbocycles. The molecule has 0 atom stereocenters. The zero-order valence-corrected chi connectivity index (χ0v) is 15.5. The number of piperidine rings is 1. The summed E-state index contributed by atoms with van der Waals surface area (Å²) in [5.41, 5.74) is 2.46. The second-order valence-electron chi connectivity index (χ2n) is 7.06. The van der Waals surface area contributed by atoms with Crippen LogP contribution in [0.2, 0.25) is 0 Å². The Labute approximate surface area is 160 Å². The van der Waals surface area contributed by atoms with E-state index in [9.17, 15) is 4.79 Å². The van der Waals surface area contributed by atoms with Gasteiger partial charge in [-0.25, -0.2) is 0 Å². The lowest BCUT2D eigenvalue weighted by molar-refractivity contribution is -0.132. The van der Waals surface area contributed by atoms with E-state index >= 15 is 0 Å². The molecule has 27 heavy (non-hydrogen) atoms. The average Bonchev–Trinajstić information content (AvgIpc) is 3.13. The number of fused-ring (bicyclic) bond motifs is 1. The van der Waals surface area contributed by atoms with Gasteiger partial charge in [-0.2, -0.15) is 10.5 Å². The van der Waals surface area contributed by atoms with Gasteiger partial charge in [-0.3, -0.25) is 9.69 Å². The number of nitrogens with one attached hydrogen (secondary N) is 1. The number of carbonyl (C=O) groups is 1. The fourth-order valence-corrected chi connectivity index (χ4v) is 3.74. The van der Waals surface area contributed by atoms with Gasteiger partial charge in [-0.05, 0) is 43.5 Å². The number of hydrogen-bond acceptors (Lipinski definition) is 4. The number of likely N-dealkylation sites (tertiary alicyclic amines) is 1. The first-order chi connectivity index (χ1) is 13.2. The van der Waals surface area contributed by atoms with E-state index in [1.165, 1.54) is 16.6 Å². The lowest BCUT2D eigenvalue weighted by atomic mass is 9.93. The minimum Gasteiger partial charge on any atom is -0.358 e. The van der Waals surface area contributed by atoms with Crippen LogP contribution in [0.15, 0.2) is 30.3 Å². The normalized spacial score (nSPS) is 15.3. The third kappa shape index (κ3) is 4.87. The third-order valence-corrected chi connectivity index (χ3v) is 5.28. The molecule has 0 spiro atoms. The number of hydrogen-bond donors (Lipinski definition) is 1. The largest absolute Gasteiger partial charge is 0.358 e. The van der Waals surface area contributed by atoms with E-state index in [0.717, 1.165) is 25.9 Å². The topological polar surface area (TPSA) is 86.9 Å². The molecule has 1 N–H and O–H groups in total. The van der Waals surface area contributed by atoms with Crippen molar-refractivity contribution in [2.75, 3.05) is 32.7 Å². The number of nitriles is 2. The summed E-state index contributed by atoms with van der Waals surface area (Å²) in [6.45, 7) is 2.95. The van der Waals surface area contributed by atoms with Gasteiger partial charge in [-0.1, -0.05) is 18.2 Å². The van der Waals surface area contributed by atoms with Gasteiger partial charge >= 0.3 is 0 Å². The number of nitrogens with zero attached hydrogens (tertiary/aromatic N) is 4. The van der Waals surface area contributed by atoms with Crippen LogP contribution in [0.5, 0.6) is 0 Å². The highest BCUT2D eigenvalue weighted by molar-refractivity contribution is 5.80. The van der Waals surface area contributed by atoms with Crippen molar-refractivity contribution in [1.82, 2.24) is 14.8 Å². The van der Waals surface area contributed by atoms with Crippen molar-refractivity contribution in [1.29, 1.82) is 10.5 Å². The highest BCUT2D eigenvalue weighted by Gasteiger charge is 2.24. The van der Waals surface area contributed by atoms with Crippen LogP contribution in [-0.2, 0) is 4.79 Å². The van der Waals surface area contributed by atoms with Crippen LogP contribution in [0.1, 0.15) is 37.3 Å². The summed E-state index contributed by atoms with van der Waals surface area (Å²) in [7, 11) is 0. The van der Waals surface area contributed by atoms with Gasteiger partial charge in [-0.15, -0.1) is 0 Å². The Bertz CT molecular complexity index is 800. The molecule has 1 aliphatic heterocycles. The van der Waals surface area contributed by atoms with E-state index < -0.39 is 0 Å². The molecule has 6 heteroatoms. The van der Waals surface area contributed by atoms with Crippen molar-refractivity contribution in [3.05, 3.63) is 36.0 Å². The predicted molar refractivity (Wildman–Crippen MR) is 104 cm³/mol. The van der Waals surface area contributed by atoms with Crippen molar-refractivity contribution >= 4 is 16.8 Å². The first-order valence-corrected chi connectivity index (χ1v) is 9.53. The SMILES string of the molecule is N#CCCN(CCC#N)C(=O)CN1CCC(c2cc3ccccc3[nH]2)CC1. The molecule has 6 nitrogen and oxygen atoms in total. The van der Waals surface area contributed by atoms with E-state index in [2.05, 4.69) is 46.3 Å². The molecule has 2 heterocycles. The zero-order chi connectivity index (χ0) is 19.1. The molecule has 140 valence electrons. The molecule has 1 aliphatic rings. The molecule has 1 amide bonds. The lowest BCUT2D eigenvalue weighted by Gasteiger charge is -2.32. The molecule has 0 unspecified atom stereocenters.